The Bertz CT molecular complexity index is 578. The molecular weight excluding hydrogens is 274 g/mol. The summed E-state index contributed by atoms with van der Waals surface area (Å²) in [5.74, 6) is 0.621. The molecule has 1 amide bonds. The van der Waals surface area contributed by atoms with Gasteiger partial charge < -0.3 is 10.1 Å². The second-order valence-electron chi connectivity index (χ2n) is 5.23. The highest BCUT2D eigenvalue weighted by Gasteiger charge is 2.12. The summed E-state index contributed by atoms with van der Waals surface area (Å²) in [5, 5.41) is 3.01. The van der Waals surface area contributed by atoms with Crippen LogP contribution in [0.2, 0.25) is 0 Å². The van der Waals surface area contributed by atoms with E-state index >= 15 is 0 Å². The summed E-state index contributed by atoms with van der Waals surface area (Å²) in [7, 11) is 0. The van der Waals surface area contributed by atoms with Crippen molar-refractivity contribution in [1.29, 1.82) is 0 Å². The fraction of sp³-hybridized carbons (Fsp3) is 0.316. The SMILES string of the molecule is CCc1ccc(OCC(=O)NC(CC)c2ccccc2)cc1. The normalized spacial score (nSPS) is 11.7. The van der Waals surface area contributed by atoms with Gasteiger partial charge in [0.15, 0.2) is 6.61 Å². The molecule has 0 aliphatic rings. The maximum absolute atomic E-state index is 12.0. The minimum atomic E-state index is -0.102. The lowest BCUT2D eigenvalue weighted by molar-refractivity contribution is -0.123. The van der Waals surface area contributed by atoms with Gasteiger partial charge in [-0.25, -0.2) is 0 Å². The van der Waals surface area contributed by atoms with Gasteiger partial charge in [0.1, 0.15) is 5.75 Å². The van der Waals surface area contributed by atoms with Gasteiger partial charge in [-0.2, -0.15) is 0 Å². The molecule has 0 saturated heterocycles. The molecule has 1 atom stereocenters. The molecule has 0 spiro atoms. The molecule has 2 aromatic rings. The summed E-state index contributed by atoms with van der Waals surface area (Å²) < 4.78 is 5.54. The molecule has 0 radical (unpaired) electrons. The van der Waals surface area contributed by atoms with Crippen LogP contribution in [0, 0.1) is 0 Å². The van der Waals surface area contributed by atoms with Gasteiger partial charge in [0.25, 0.3) is 5.91 Å². The third-order valence-electron chi connectivity index (χ3n) is 3.65. The lowest BCUT2D eigenvalue weighted by Gasteiger charge is -2.17. The van der Waals surface area contributed by atoms with E-state index in [2.05, 4.69) is 19.2 Å². The molecule has 0 aromatic heterocycles. The standard InChI is InChI=1S/C19H23NO2/c1-3-15-10-12-17(13-11-15)22-14-19(21)20-18(4-2)16-8-6-5-7-9-16/h5-13,18H,3-4,14H2,1-2H3,(H,20,21). The predicted molar refractivity (Wildman–Crippen MR) is 88.9 cm³/mol. The Hall–Kier alpha value is -2.29. The van der Waals surface area contributed by atoms with Crippen LogP contribution in [0.25, 0.3) is 0 Å². The molecule has 116 valence electrons. The molecule has 1 N–H and O–H groups in total. The van der Waals surface area contributed by atoms with E-state index in [1.807, 2.05) is 54.6 Å². The van der Waals surface area contributed by atoms with Crippen molar-refractivity contribution >= 4 is 5.91 Å². The Morgan fingerprint density at radius 3 is 2.32 bits per heavy atom. The average molecular weight is 297 g/mol. The van der Waals surface area contributed by atoms with Crippen molar-refractivity contribution in [2.24, 2.45) is 0 Å². The second-order valence-corrected chi connectivity index (χ2v) is 5.23. The van der Waals surface area contributed by atoms with Gasteiger partial charge in [-0.3, -0.25) is 4.79 Å². The van der Waals surface area contributed by atoms with E-state index in [1.54, 1.807) is 0 Å². The van der Waals surface area contributed by atoms with Crippen LogP contribution in [0.3, 0.4) is 0 Å². The van der Waals surface area contributed by atoms with E-state index in [0.29, 0.717) is 0 Å². The maximum Gasteiger partial charge on any atom is 0.258 e. The first-order valence-corrected chi connectivity index (χ1v) is 7.79. The molecule has 0 saturated carbocycles. The van der Waals surface area contributed by atoms with E-state index in [9.17, 15) is 4.79 Å². The first kappa shape index (κ1) is 16.1. The number of hydrogen-bond donors (Lipinski definition) is 1. The van der Waals surface area contributed by atoms with Gasteiger partial charge in [-0.05, 0) is 36.1 Å². The van der Waals surface area contributed by atoms with Crippen molar-refractivity contribution in [3.63, 3.8) is 0 Å². The molecule has 2 aromatic carbocycles. The molecule has 0 fully saturated rings. The van der Waals surface area contributed by atoms with E-state index in [4.69, 9.17) is 4.74 Å². The molecule has 0 heterocycles. The average Bonchev–Trinajstić information content (AvgIpc) is 2.59. The molecule has 0 aliphatic heterocycles. The minimum absolute atomic E-state index is 0.0276. The second kappa shape index (κ2) is 8.23. The fourth-order valence-electron chi connectivity index (χ4n) is 2.31. The van der Waals surface area contributed by atoms with Crippen LogP contribution in [0.5, 0.6) is 5.75 Å². The number of amides is 1. The van der Waals surface area contributed by atoms with Gasteiger partial charge in [0.2, 0.25) is 0 Å². The van der Waals surface area contributed by atoms with Crippen molar-refractivity contribution in [2.45, 2.75) is 32.7 Å². The summed E-state index contributed by atoms with van der Waals surface area (Å²) in [6.07, 6.45) is 1.84. The van der Waals surface area contributed by atoms with Crippen molar-refractivity contribution in [2.75, 3.05) is 6.61 Å². The van der Waals surface area contributed by atoms with Crippen molar-refractivity contribution in [1.82, 2.24) is 5.32 Å². The molecule has 0 bridgehead atoms. The number of nitrogens with one attached hydrogen (secondary N) is 1. The molecular formula is C19H23NO2. The Labute approximate surface area is 132 Å². The van der Waals surface area contributed by atoms with Gasteiger partial charge >= 0.3 is 0 Å². The van der Waals surface area contributed by atoms with E-state index < -0.39 is 0 Å². The smallest absolute Gasteiger partial charge is 0.258 e. The third-order valence-corrected chi connectivity index (χ3v) is 3.65. The van der Waals surface area contributed by atoms with E-state index in [1.165, 1.54) is 5.56 Å². The quantitative estimate of drug-likeness (QED) is 0.842. The predicted octanol–water partition coefficient (Wildman–Crippen LogP) is 3.90. The van der Waals surface area contributed by atoms with Gasteiger partial charge in [-0.1, -0.05) is 56.3 Å². The number of hydrogen-bond acceptors (Lipinski definition) is 2. The van der Waals surface area contributed by atoms with Crippen molar-refractivity contribution in [3.8, 4) is 5.75 Å². The van der Waals surface area contributed by atoms with Crippen molar-refractivity contribution < 1.29 is 9.53 Å². The summed E-state index contributed by atoms with van der Waals surface area (Å²) >= 11 is 0. The van der Waals surface area contributed by atoms with Crippen molar-refractivity contribution in [3.05, 3.63) is 65.7 Å². The Morgan fingerprint density at radius 2 is 1.73 bits per heavy atom. The van der Waals surface area contributed by atoms with Crippen LogP contribution in [0.15, 0.2) is 54.6 Å². The number of carbonyl (C=O) groups excluding carboxylic acids is 1. The van der Waals surface area contributed by atoms with Crippen LogP contribution in [0.4, 0.5) is 0 Å². The lowest BCUT2D eigenvalue weighted by Crippen LogP contribution is -2.32. The minimum Gasteiger partial charge on any atom is -0.484 e. The van der Waals surface area contributed by atoms with Crippen LogP contribution < -0.4 is 10.1 Å². The first-order chi connectivity index (χ1) is 10.7. The van der Waals surface area contributed by atoms with Gasteiger partial charge in [0, 0.05) is 0 Å². The lowest BCUT2D eigenvalue weighted by atomic mass is 10.0. The summed E-state index contributed by atoms with van der Waals surface area (Å²) in [5.41, 5.74) is 2.37. The number of benzene rings is 2. The van der Waals surface area contributed by atoms with Crippen LogP contribution in [-0.4, -0.2) is 12.5 Å². The maximum atomic E-state index is 12.0. The highest BCUT2D eigenvalue weighted by atomic mass is 16.5. The molecule has 2 rings (SSSR count). The largest absolute Gasteiger partial charge is 0.484 e. The Balaban J connectivity index is 1.86. The summed E-state index contributed by atoms with van der Waals surface area (Å²) in [6, 6.07) is 17.9. The Kier molecular flexibility index (Phi) is 6.01. The molecule has 0 aliphatic carbocycles. The molecule has 1 unspecified atom stereocenters. The molecule has 3 nitrogen and oxygen atoms in total. The number of aryl methyl sites for hydroxylation is 1. The monoisotopic (exact) mass is 297 g/mol. The third kappa shape index (κ3) is 4.62. The summed E-state index contributed by atoms with van der Waals surface area (Å²) in [4.78, 5) is 12.0. The zero-order valence-corrected chi connectivity index (χ0v) is 13.2. The zero-order chi connectivity index (χ0) is 15.8. The van der Waals surface area contributed by atoms with E-state index in [-0.39, 0.29) is 18.6 Å². The number of ether oxygens (including phenoxy) is 1. The first-order valence-electron chi connectivity index (χ1n) is 7.79. The number of rotatable bonds is 7. The highest BCUT2D eigenvalue weighted by molar-refractivity contribution is 5.78. The Morgan fingerprint density at radius 1 is 1.05 bits per heavy atom. The number of carbonyl (C=O) groups is 1. The van der Waals surface area contributed by atoms with Crippen LogP contribution >= 0.6 is 0 Å². The van der Waals surface area contributed by atoms with E-state index in [0.717, 1.165) is 24.2 Å². The fourth-order valence-corrected chi connectivity index (χ4v) is 2.31. The van der Waals surface area contributed by atoms with Crippen LogP contribution in [0.1, 0.15) is 37.4 Å². The summed E-state index contributed by atoms with van der Waals surface area (Å²) in [6.45, 7) is 4.20. The molecule has 3 heteroatoms. The van der Waals surface area contributed by atoms with Gasteiger partial charge in [-0.15, -0.1) is 0 Å². The molecule has 22 heavy (non-hydrogen) atoms. The zero-order valence-electron chi connectivity index (χ0n) is 13.2. The highest BCUT2D eigenvalue weighted by Crippen LogP contribution is 2.16. The van der Waals surface area contributed by atoms with Crippen LogP contribution in [-0.2, 0) is 11.2 Å². The topological polar surface area (TPSA) is 38.3 Å². The van der Waals surface area contributed by atoms with Gasteiger partial charge in [0.05, 0.1) is 6.04 Å².